The van der Waals surface area contributed by atoms with E-state index >= 15 is 0 Å². The summed E-state index contributed by atoms with van der Waals surface area (Å²) in [6.45, 7) is 5.88. The van der Waals surface area contributed by atoms with Crippen LogP contribution in [-0.2, 0) is 11.2 Å². The largest absolute Gasteiger partial charge is 0.347 e. The SMILES string of the molecule is CC(C)(C)NC(=O)c1c(CCC=O)ccc2ccccc12. The smallest absolute Gasteiger partial charge is 0.252 e. The Morgan fingerprint density at radius 1 is 1.14 bits per heavy atom. The maximum Gasteiger partial charge on any atom is 0.252 e. The van der Waals surface area contributed by atoms with Crippen LogP contribution >= 0.6 is 0 Å². The molecule has 0 aliphatic rings. The molecule has 0 unspecified atom stereocenters. The monoisotopic (exact) mass is 283 g/mol. The van der Waals surface area contributed by atoms with Gasteiger partial charge in [-0.25, -0.2) is 0 Å². The molecule has 0 saturated carbocycles. The molecule has 2 aromatic rings. The minimum Gasteiger partial charge on any atom is -0.347 e. The van der Waals surface area contributed by atoms with Crippen LogP contribution in [0.25, 0.3) is 10.8 Å². The fraction of sp³-hybridized carbons (Fsp3) is 0.333. The molecule has 2 aromatic carbocycles. The quantitative estimate of drug-likeness (QED) is 0.873. The molecule has 1 N–H and O–H groups in total. The van der Waals surface area contributed by atoms with Gasteiger partial charge in [-0.3, -0.25) is 4.79 Å². The van der Waals surface area contributed by atoms with Crippen LogP contribution in [0.3, 0.4) is 0 Å². The predicted octanol–water partition coefficient (Wildman–Crippen LogP) is 3.50. The summed E-state index contributed by atoms with van der Waals surface area (Å²) < 4.78 is 0. The second kappa shape index (κ2) is 6.08. The molecule has 0 atom stereocenters. The Labute approximate surface area is 125 Å². The third-order valence-corrected chi connectivity index (χ3v) is 3.26. The van der Waals surface area contributed by atoms with Crippen LogP contribution in [0.2, 0.25) is 0 Å². The average Bonchev–Trinajstić information content (AvgIpc) is 2.42. The highest BCUT2D eigenvalue weighted by Crippen LogP contribution is 2.24. The Balaban J connectivity index is 2.54. The predicted molar refractivity (Wildman–Crippen MR) is 85.6 cm³/mol. The van der Waals surface area contributed by atoms with Crippen molar-refractivity contribution >= 4 is 23.0 Å². The number of carbonyl (C=O) groups is 2. The highest BCUT2D eigenvalue weighted by Gasteiger charge is 2.20. The number of benzene rings is 2. The summed E-state index contributed by atoms with van der Waals surface area (Å²) in [6.07, 6.45) is 1.90. The van der Waals surface area contributed by atoms with Crippen LogP contribution in [0.1, 0.15) is 43.1 Å². The molecule has 110 valence electrons. The van der Waals surface area contributed by atoms with Gasteiger partial charge in [-0.05, 0) is 43.5 Å². The van der Waals surface area contributed by atoms with Gasteiger partial charge in [0.2, 0.25) is 0 Å². The van der Waals surface area contributed by atoms with Crippen LogP contribution in [0.4, 0.5) is 0 Å². The van der Waals surface area contributed by atoms with Crippen LogP contribution < -0.4 is 5.32 Å². The lowest BCUT2D eigenvalue weighted by molar-refractivity contribution is -0.107. The molecule has 0 radical (unpaired) electrons. The van der Waals surface area contributed by atoms with E-state index in [1.165, 1.54) is 0 Å². The number of amides is 1. The first-order chi connectivity index (χ1) is 9.92. The second-order valence-corrected chi connectivity index (χ2v) is 6.23. The van der Waals surface area contributed by atoms with Crippen molar-refractivity contribution in [2.75, 3.05) is 0 Å². The Hall–Kier alpha value is -2.16. The van der Waals surface area contributed by atoms with Crippen LogP contribution in [0, 0.1) is 0 Å². The number of rotatable bonds is 4. The molecule has 2 rings (SSSR count). The lowest BCUT2D eigenvalue weighted by Gasteiger charge is -2.22. The summed E-state index contributed by atoms with van der Waals surface area (Å²) in [5.41, 5.74) is 1.31. The highest BCUT2D eigenvalue weighted by atomic mass is 16.1. The molecule has 0 spiro atoms. The minimum atomic E-state index is -0.296. The van der Waals surface area contributed by atoms with Gasteiger partial charge in [0.15, 0.2) is 0 Å². The van der Waals surface area contributed by atoms with Gasteiger partial charge in [-0.1, -0.05) is 36.4 Å². The van der Waals surface area contributed by atoms with Crippen molar-refractivity contribution < 1.29 is 9.59 Å². The molecule has 0 heterocycles. The standard InChI is InChI=1S/C18H21NO2/c1-18(2,3)19-17(21)16-14(8-6-12-20)11-10-13-7-4-5-9-15(13)16/h4-5,7,9-12H,6,8H2,1-3H3,(H,19,21). The summed E-state index contributed by atoms with van der Waals surface area (Å²) in [5.74, 6) is -0.0831. The third kappa shape index (κ3) is 3.69. The molecule has 0 saturated heterocycles. The van der Waals surface area contributed by atoms with Crippen molar-refractivity contribution in [1.82, 2.24) is 5.32 Å². The van der Waals surface area contributed by atoms with Gasteiger partial charge in [0.05, 0.1) is 5.56 Å². The number of nitrogens with one attached hydrogen (secondary N) is 1. The van der Waals surface area contributed by atoms with Gasteiger partial charge < -0.3 is 10.1 Å². The normalized spacial score (nSPS) is 11.4. The zero-order chi connectivity index (χ0) is 15.5. The number of hydrogen-bond donors (Lipinski definition) is 1. The zero-order valence-electron chi connectivity index (χ0n) is 12.8. The van der Waals surface area contributed by atoms with Crippen molar-refractivity contribution in [2.45, 2.75) is 39.2 Å². The van der Waals surface area contributed by atoms with Crippen LogP contribution in [0.5, 0.6) is 0 Å². The molecular weight excluding hydrogens is 262 g/mol. The molecule has 21 heavy (non-hydrogen) atoms. The van der Waals surface area contributed by atoms with Gasteiger partial charge >= 0.3 is 0 Å². The van der Waals surface area contributed by atoms with E-state index in [0.29, 0.717) is 18.4 Å². The molecule has 3 heteroatoms. The van der Waals surface area contributed by atoms with Gasteiger partial charge in [0, 0.05) is 12.0 Å². The maximum absolute atomic E-state index is 12.7. The fourth-order valence-electron chi connectivity index (χ4n) is 2.41. The second-order valence-electron chi connectivity index (χ2n) is 6.23. The lowest BCUT2D eigenvalue weighted by atomic mass is 9.95. The Morgan fingerprint density at radius 2 is 1.86 bits per heavy atom. The molecule has 0 fully saturated rings. The van der Waals surface area contributed by atoms with Gasteiger partial charge in [0.25, 0.3) is 5.91 Å². The Kier molecular flexibility index (Phi) is 4.41. The maximum atomic E-state index is 12.7. The first-order valence-electron chi connectivity index (χ1n) is 7.19. The van der Waals surface area contributed by atoms with Crippen LogP contribution in [0.15, 0.2) is 36.4 Å². The van der Waals surface area contributed by atoms with Gasteiger partial charge in [-0.15, -0.1) is 0 Å². The lowest BCUT2D eigenvalue weighted by Crippen LogP contribution is -2.41. The fourth-order valence-corrected chi connectivity index (χ4v) is 2.41. The van der Waals surface area contributed by atoms with Crippen molar-refractivity contribution in [3.63, 3.8) is 0 Å². The Bertz CT molecular complexity index is 668. The first kappa shape index (κ1) is 15.2. The van der Waals surface area contributed by atoms with E-state index in [1.807, 2.05) is 57.2 Å². The minimum absolute atomic E-state index is 0.0831. The Morgan fingerprint density at radius 3 is 2.52 bits per heavy atom. The van der Waals surface area contributed by atoms with Crippen LogP contribution in [-0.4, -0.2) is 17.7 Å². The van der Waals surface area contributed by atoms with Crippen molar-refractivity contribution in [1.29, 1.82) is 0 Å². The van der Waals surface area contributed by atoms with E-state index in [-0.39, 0.29) is 11.4 Å². The number of aryl methyl sites for hydroxylation is 1. The molecule has 1 amide bonds. The molecule has 0 aliphatic heterocycles. The molecular formula is C18H21NO2. The van der Waals surface area contributed by atoms with E-state index in [2.05, 4.69) is 5.32 Å². The summed E-state index contributed by atoms with van der Waals surface area (Å²) in [6, 6.07) is 11.8. The summed E-state index contributed by atoms with van der Waals surface area (Å²) in [7, 11) is 0. The first-order valence-corrected chi connectivity index (χ1v) is 7.19. The van der Waals surface area contributed by atoms with Crippen molar-refractivity contribution in [3.05, 3.63) is 47.5 Å². The number of fused-ring (bicyclic) bond motifs is 1. The molecule has 0 bridgehead atoms. The highest BCUT2D eigenvalue weighted by molar-refractivity contribution is 6.08. The van der Waals surface area contributed by atoms with Gasteiger partial charge in [-0.2, -0.15) is 0 Å². The van der Waals surface area contributed by atoms with E-state index < -0.39 is 0 Å². The van der Waals surface area contributed by atoms with E-state index in [9.17, 15) is 9.59 Å². The van der Waals surface area contributed by atoms with Crippen molar-refractivity contribution in [3.8, 4) is 0 Å². The molecule has 0 aliphatic carbocycles. The van der Waals surface area contributed by atoms with Gasteiger partial charge in [0.1, 0.15) is 6.29 Å². The number of hydrogen-bond acceptors (Lipinski definition) is 2. The summed E-state index contributed by atoms with van der Waals surface area (Å²) in [5, 5.41) is 4.98. The third-order valence-electron chi connectivity index (χ3n) is 3.26. The number of aldehydes is 1. The zero-order valence-corrected chi connectivity index (χ0v) is 12.8. The van der Waals surface area contributed by atoms with E-state index in [1.54, 1.807) is 0 Å². The topological polar surface area (TPSA) is 46.2 Å². The summed E-state index contributed by atoms with van der Waals surface area (Å²) >= 11 is 0. The van der Waals surface area contributed by atoms with Crippen molar-refractivity contribution in [2.24, 2.45) is 0 Å². The average molecular weight is 283 g/mol. The summed E-state index contributed by atoms with van der Waals surface area (Å²) in [4.78, 5) is 23.3. The molecule has 3 nitrogen and oxygen atoms in total. The molecule has 0 aromatic heterocycles. The van der Waals surface area contributed by atoms with E-state index in [0.717, 1.165) is 22.6 Å². The van der Waals surface area contributed by atoms with E-state index in [4.69, 9.17) is 0 Å². The number of carbonyl (C=O) groups excluding carboxylic acids is 2.